The van der Waals surface area contributed by atoms with E-state index in [1.807, 2.05) is 14.0 Å². The molecule has 0 atom stereocenters. The predicted molar refractivity (Wildman–Crippen MR) is 61.2 cm³/mol. The molecule has 2 heterocycles. The van der Waals surface area contributed by atoms with Gasteiger partial charge in [-0.25, -0.2) is 9.97 Å². The van der Waals surface area contributed by atoms with Crippen LogP contribution in [0.2, 0.25) is 0 Å². The molecule has 0 spiro atoms. The van der Waals surface area contributed by atoms with Crippen molar-refractivity contribution < 1.29 is 0 Å². The van der Waals surface area contributed by atoms with E-state index in [1.54, 1.807) is 11.3 Å². The summed E-state index contributed by atoms with van der Waals surface area (Å²) < 4.78 is 0. The molecule has 74 valence electrons. The fraction of sp³-hybridized carbons (Fsp3) is 0.400. The second-order valence-electron chi connectivity index (χ2n) is 3.33. The summed E-state index contributed by atoms with van der Waals surface area (Å²) in [6.07, 6.45) is 0. The fourth-order valence-corrected chi connectivity index (χ4v) is 2.61. The van der Waals surface area contributed by atoms with Crippen molar-refractivity contribution in [2.75, 3.05) is 12.4 Å². The summed E-state index contributed by atoms with van der Waals surface area (Å²) in [5.41, 5.74) is 1.29. The molecule has 0 aliphatic heterocycles. The Hall–Kier alpha value is -1.16. The van der Waals surface area contributed by atoms with Crippen LogP contribution < -0.4 is 5.32 Å². The summed E-state index contributed by atoms with van der Waals surface area (Å²) in [5.74, 6) is 1.76. The van der Waals surface area contributed by atoms with Crippen molar-refractivity contribution in [3.8, 4) is 0 Å². The van der Waals surface area contributed by atoms with Crippen molar-refractivity contribution in [2.45, 2.75) is 20.8 Å². The Kier molecular flexibility index (Phi) is 2.15. The number of aromatic nitrogens is 2. The van der Waals surface area contributed by atoms with Gasteiger partial charge in [-0.3, -0.25) is 0 Å². The monoisotopic (exact) mass is 207 g/mol. The minimum atomic E-state index is 0.822. The van der Waals surface area contributed by atoms with Gasteiger partial charge in [0.05, 0.1) is 5.39 Å². The summed E-state index contributed by atoms with van der Waals surface area (Å²) in [6, 6.07) is 0. The van der Waals surface area contributed by atoms with Crippen molar-refractivity contribution in [1.29, 1.82) is 0 Å². The maximum atomic E-state index is 4.43. The number of nitrogens with one attached hydrogen (secondary N) is 1. The normalized spacial score (nSPS) is 10.9. The first kappa shape index (κ1) is 9.40. The fourth-order valence-electron chi connectivity index (χ4n) is 1.54. The SMILES string of the molecule is CNc1nc(C)nc2sc(C)c(C)c12. The molecule has 0 amide bonds. The minimum Gasteiger partial charge on any atom is -0.372 e. The van der Waals surface area contributed by atoms with Gasteiger partial charge in [0.25, 0.3) is 0 Å². The van der Waals surface area contributed by atoms with Gasteiger partial charge >= 0.3 is 0 Å². The summed E-state index contributed by atoms with van der Waals surface area (Å²) in [6.45, 7) is 6.16. The van der Waals surface area contributed by atoms with Gasteiger partial charge < -0.3 is 5.32 Å². The first-order chi connectivity index (χ1) is 6.63. The quantitative estimate of drug-likeness (QED) is 0.781. The maximum absolute atomic E-state index is 4.43. The molecule has 0 aliphatic rings. The maximum Gasteiger partial charge on any atom is 0.138 e. The van der Waals surface area contributed by atoms with Crippen LogP contribution in [0.4, 0.5) is 5.82 Å². The van der Waals surface area contributed by atoms with E-state index in [0.29, 0.717) is 0 Å². The van der Waals surface area contributed by atoms with Gasteiger partial charge in [-0.2, -0.15) is 0 Å². The topological polar surface area (TPSA) is 37.8 Å². The molecule has 0 radical (unpaired) electrons. The Labute approximate surface area is 87.2 Å². The lowest BCUT2D eigenvalue weighted by Crippen LogP contribution is -1.97. The van der Waals surface area contributed by atoms with Crippen molar-refractivity contribution >= 4 is 27.4 Å². The average molecular weight is 207 g/mol. The molecule has 0 bridgehead atoms. The molecule has 2 aromatic heterocycles. The molecule has 3 nitrogen and oxygen atoms in total. The Balaban J connectivity index is 2.88. The highest BCUT2D eigenvalue weighted by Crippen LogP contribution is 2.32. The zero-order valence-corrected chi connectivity index (χ0v) is 9.62. The van der Waals surface area contributed by atoms with Crippen molar-refractivity contribution in [2.24, 2.45) is 0 Å². The highest BCUT2D eigenvalue weighted by atomic mass is 32.1. The van der Waals surface area contributed by atoms with Gasteiger partial charge in [-0.15, -0.1) is 11.3 Å². The summed E-state index contributed by atoms with van der Waals surface area (Å²) in [4.78, 5) is 11.2. The van der Waals surface area contributed by atoms with E-state index in [1.165, 1.54) is 15.8 Å². The van der Waals surface area contributed by atoms with Crippen LogP contribution in [0.1, 0.15) is 16.3 Å². The van der Waals surface area contributed by atoms with E-state index in [-0.39, 0.29) is 0 Å². The highest BCUT2D eigenvalue weighted by Gasteiger charge is 2.11. The second kappa shape index (κ2) is 3.20. The number of fused-ring (bicyclic) bond motifs is 1. The lowest BCUT2D eigenvalue weighted by molar-refractivity contribution is 1.09. The van der Waals surface area contributed by atoms with Crippen LogP contribution in [0.3, 0.4) is 0 Å². The number of nitrogens with zero attached hydrogens (tertiary/aromatic N) is 2. The minimum absolute atomic E-state index is 0.822. The van der Waals surface area contributed by atoms with Crippen LogP contribution in [-0.4, -0.2) is 17.0 Å². The number of hydrogen-bond acceptors (Lipinski definition) is 4. The van der Waals surface area contributed by atoms with E-state index in [0.717, 1.165) is 16.5 Å². The largest absolute Gasteiger partial charge is 0.372 e. The van der Waals surface area contributed by atoms with Crippen LogP contribution in [0.15, 0.2) is 0 Å². The first-order valence-electron chi connectivity index (χ1n) is 4.55. The van der Waals surface area contributed by atoms with Crippen molar-refractivity contribution in [1.82, 2.24) is 9.97 Å². The van der Waals surface area contributed by atoms with Crippen molar-refractivity contribution in [3.05, 3.63) is 16.3 Å². The summed E-state index contributed by atoms with van der Waals surface area (Å²) in [5, 5.41) is 4.29. The molecule has 1 N–H and O–H groups in total. The smallest absolute Gasteiger partial charge is 0.138 e. The molecule has 0 fully saturated rings. The molecule has 2 aromatic rings. The van der Waals surface area contributed by atoms with Crippen LogP contribution in [0, 0.1) is 20.8 Å². The molecule has 4 heteroatoms. The number of aryl methyl sites for hydroxylation is 3. The third kappa shape index (κ3) is 1.26. The summed E-state index contributed by atoms with van der Waals surface area (Å²) in [7, 11) is 1.90. The number of anilines is 1. The van der Waals surface area contributed by atoms with Gasteiger partial charge in [0.1, 0.15) is 16.5 Å². The molecular formula is C10H13N3S. The Morgan fingerprint density at radius 2 is 1.86 bits per heavy atom. The van der Waals surface area contributed by atoms with Gasteiger partial charge in [-0.05, 0) is 26.3 Å². The standard InChI is InChI=1S/C10H13N3S/c1-5-6(2)14-10-8(5)9(11-4)12-7(3)13-10/h1-4H3,(H,11,12,13). The van der Waals surface area contributed by atoms with Crippen LogP contribution >= 0.6 is 11.3 Å². The molecular weight excluding hydrogens is 194 g/mol. The predicted octanol–water partition coefficient (Wildman–Crippen LogP) is 2.66. The molecule has 0 saturated carbocycles. The van der Waals surface area contributed by atoms with E-state index in [2.05, 4.69) is 29.1 Å². The van der Waals surface area contributed by atoms with Crippen LogP contribution in [0.5, 0.6) is 0 Å². The van der Waals surface area contributed by atoms with Gasteiger partial charge in [0, 0.05) is 11.9 Å². The molecule has 2 rings (SSSR count). The lowest BCUT2D eigenvalue weighted by atomic mass is 10.2. The number of thiophene rings is 1. The average Bonchev–Trinajstić information content (AvgIpc) is 2.41. The Bertz CT molecular complexity index is 488. The van der Waals surface area contributed by atoms with Gasteiger partial charge in [0.15, 0.2) is 0 Å². The zero-order chi connectivity index (χ0) is 10.3. The zero-order valence-electron chi connectivity index (χ0n) is 8.80. The van der Waals surface area contributed by atoms with E-state index in [9.17, 15) is 0 Å². The van der Waals surface area contributed by atoms with E-state index in [4.69, 9.17) is 0 Å². The van der Waals surface area contributed by atoms with Crippen molar-refractivity contribution in [3.63, 3.8) is 0 Å². The third-order valence-electron chi connectivity index (χ3n) is 2.38. The molecule has 0 saturated heterocycles. The number of hydrogen-bond donors (Lipinski definition) is 1. The molecule has 0 unspecified atom stereocenters. The lowest BCUT2D eigenvalue weighted by Gasteiger charge is -2.03. The van der Waals surface area contributed by atoms with E-state index >= 15 is 0 Å². The Morgan fingerprint density at radius 3 is 2.50 bits per heavy atom. The van der Waals surface area contributed by atoms with Gasteiger partial charge in [-0.1, -0.05) is 0 Å². The molecule has 0 aromatic carbocycles. The number of rotatable bonds is 1. The second-order valence-corrected chi connectivity index (χ2v) is 4.54. The Morgan fingerprint density at radius 1 is 1.14 bits per heavy atom. The molecule has 14 heavy (non-hydrogen) atoms. The van der Waals surface area contributed by atoms with Gasteiger partial charge in [0.2, 0.25) is 0 Å². The van der Waals surface area contributed by atoms with Crippen LogP contribution in [-0.2, 0) is 0 Å². The third-order valence-corrected chi connectivity index (χ3v) is 3.48. The van der Waals surface area contributed by atoms with E-state index < -0.39 is 0 Å². The first-order valence-corrected chi connectivity index (χ1v) is 5.37. The van der Waals surface area contributed by atoms with Crippen LogP contribution in [0.25, 0.3) is 10.2 Å². The summed E-state index contributed by atoms with van der Waals surface area (Å²) >= 11 is 1.73. The molecule has 0 aliphatic carbocycles. The highest BCUT2D eigenvalue weighted by molar-refractivity contribution is 7.18.